The number of rotatable bonds is 4. The van der Waals surface area contributed by atoms with Crippen molar-refractivity contribution >= 4 is 34.0 Å². The summed E-state index contributed by atoms with van der Waals surface area (Å²) in [5.74, 6) is -0.0475. The van der Waals surface area contributed by atoms with E-state index in [0.717, 1.165) is 17.7 Å². The monoisotopic (exact) mass is 420 g/mol. The third-order valence-electron chi connectivity index (χ3n) is 4.17. The SMILES string of the molecule is COc1ccccc1C1CNCCN1S(=O)(=O)c1cc(F)ccc1Cl.Cl. The summed E-state index contributed by atoms with van der Waals surface area (Å²) >= 11 is 6.04. The molecule has 2 aromatic carbocycles. The van der Waals surface area contributed by atoms with Gasteiger partial charge in [-0.3, -0.25) is 0 Å². The molecule has 1 aliphatic heterocycles. The summed E-state index contributed by atoms with van der Waals surface area (Å²) in [6.45, 7) is 1.17. The lowest BCUT2D eigenvalue weighted by Gasteiger charge is -2.36. The van der Waals surface area contributed by atoms with Crippen LogP contribution in [0.3, 0.4) is 0 Å². The van der Waals surface area contributed by atoms with E-state index in [4.69, 9.17) is 16.3 Å². The van der Waals surface area contributed by atoms with E-state index in [2.05, 4.69) is 5.32 Å². The van der Waals surface area contributed by atoms with Crippen molar-refractivity contribution in [1.29, 1.82) is 0 Å². The fraction of sp³-hybridized carbons (Fsp3) is 0.294. The van der Waals surface area contributed by atoms with E-state index in [1.165, 1.54) is 17.5 Å². The Hall–Kier alpha value is -1.38. The Kier molecular flexibility index (Phi) is 6.87. The molecule has 0 spiro atoms. The first-order chi connectivity index (χ1) is 11.9. The van der Waals surface area contributed by atoms with Crippen LogP contribution >= 0.6 is 24.0 Å². The van der Waals surface area contributed by atoms with Crippen molar-refractivity contribution in [3.8, 4) is 5.75 Å². The van der Waals surface area contributed by atoms with Gasteiger partial charge in [-0.1, -0.05) is 29.8 Å². The maximum atomic E-state index is 13.6. The molecule has 0 aromatic heterocycles. The van der Waals surface area contributed by atoms with Gasteiger partial charge in [0.15, 0.2) is 0 Å². The molecule has 9 heteroatoms. The van der Waals surface area contributed by atoms with Gasteiger partial charge >= 0.3 is 0 Å². The smallest absolute Gasteiger partial charge is 0.245 e. The zero-order valence-electron chi connectivity index (χ0n) is 14.0. The highest BCUT2D eigenvalue weighted by molar-refractivity contribution is 7.89. The van der Waals surface area contributed by atoms with Gasteiger partial charge in [0.1, 0.15) is 16.5 Å². The van der Waals surface area contributed by atoms with E-state index in [9.17, 15) is 12.8 Å². The second kappa shape index (κ2) is 8.54. The Labute approximate surface area is 163 Å². The van der Waals surface area contributed by atoms with Gasteiger partial charge in [-0.05, 0) is 24.3 Å². The van der Waals surface area contributed by atoms with Gasteiger partial charge < -0.3 is 10.1 Å². The molecule has 1 N–H and O–H groups in total. The molecule has 1 atom stereocenters. The number of sulfonamides is 1. The van der Waals surface area contributed by atoms with E-state index < -0.39 is 21.9 Å². The molecular weight excluding hydrogens is 402 g/mol. The van der Waals surface area contributed by atoms with E-state index in [-0.39, 0.29) is 28.9 Å². The zero-order chi connectivity index (χ0) is 18.0. The molecule has 0 radical (unpaired) electrons. The van der Waals surface area contributed by atoms with E-state index >= 15 is 0 Å². The van der Waals surface area contributed by atoms with E-state index in [0.29, 0.717) is 18.8 Å². The van der Waals surface area contributed by atoms with Crippen LogP contribution < -0.4 is 10.1 Å². The van der Waals surface area contributed by atoms with Gasteiger partial charge in [0, 0.05) is 25.2 Å². The molecule has 0 saturated carbocycles. The Bertz CT molecular complexity index is 880. The number of halogens is 3. The van der Waals surface area contributed by atoms with Crippen LogP contribution in [-0.4, -0.2) is 39.5 Å². The first-order valence-electron chi connectivity index (χ1n) is 7.75. The molecule has 0 amide bonds. The van der Waals surface area contributed by atoms with Gasteiger partial charge in [0.25, 0.3) is 0 Å². The van der Waals surface area contributed by atoms with Gasteiger partial charge in [0.05, 0.1) is 18.2 Å². The van der Waals surface area contributed by atoms with Crippen LogP contribution in [0, 0.1) is 5.82 Å². The highest BCUT2D eigenvalue weighted by Gasteiger charge is 2.36. The molecule has 1 aliphatic rings. The Morgan fingerprint density at radius 1 is 1.27 bits per heavy atom. The fourth-order valence-corrected chi connectivity index (χ4v) is 5.07. The average molecular weight is 421 g/mol. The maximum Gasteiger partial charge on any atom is 0.245 e. The van der Waals surface area contributed by atoms with Gasteiger partial charge in [-0.25, -0.2) is 12.8 Å². The molecule has 1 fully saturated rings. The second-order valence-corrected chi connectivity index (χ2v) is 7.92. The summed E-state index contributed by atoms with van der Waals surface area (Å²) in [6.07, 6.45) is 0. The van der Waals surface area contributed by atoms with Crippen molar-refractivity contribution < 1.29 is 17.5 Å². The maximum absolute atomic E-state index is 13.6. The topological polar surface area (TPSA) is 58.6 Å². The Balaban J connectivity index is 0.00000243. The molecular formula is C17H19Cl2FN2O3S. The molecule has 3 rings (SSSR count). The minimum absolute atomic E-state index is 0. The number of hydrogen-bond acceptors (Lipinski definition) is 4. The van der Waals surface area contributed by atoms with E-state index in [1.54, 1.807) is 6.07 Å². The highest BCUT2D eigenvalue weighted by Crippen LogP contribution is 2.35. The number of ether oxygens (including phenoxy) is 1. The first kappa shape index (κ1) is 20.9. The summed E-state index contributed by atoms with van der Waals surface area (Å²) < 4.78 is 46.6. The minimum Gasteiger partial charge on any atom is -0.496 e. The van der Waals surface area contributed by atoms with Gasteiger partial charge in [-0.15, -0.1) is 12.4 Å². The minimum atomic E-state index is -3.97. The molecule has 0 aliphatic carbocycles. The number of nitrogens with zero attached hydrogens (tertiary/aromatic N) is 1. The summed E-state index contributed by atoms with van der Waals surface area (Å²) in [5, 5.41) is 3.19. The number of para-hydroxylation sites is 1. The summed E-state index contributed by atoms with van der Waals surface area (Å²) in [4.78, 5) is -0.226. The van der Waals surface area contributed by atoms with Crippen molar-refractivity contribution in [3.05, 3.63) is 58.9 Å². The standard InChI is InChI=1S/C17H18ClFN2O3S.ClH/c1-24-16-5-3-2-4-13(16)15-11-20-8-9-21(15)25(22,23)17-10-12(19)6-7-14(17)18;/h2-7,10,15,20H,8-9,11H2,1H3;1H. The second-order valence-electron chi connectivity index (χ2n) is 5.65. The molecule has 142 valence electrons. The van der Waals surface area contributed by atoms with Gasteiger partial charge in [-0.2, -0.15) is 4.31 Å². The summed E-state index contributed by atoms with van der Waals surface area (Å²) in [5.41, 5.74) is 0.744. The molecule has 2 aromatic rings. The quantitative estimate of drug-likeness (QED) is 0.824. The summed E-state index contributed by atoms with van der Waals surface area (Å²) in [6, 6.07) is 10.1. The summed E-state index contributed by atoms with van der Waals surface area (Å²) in [7, 11) is -2.43. The molecule has 5 nitrogen and oxygen atoms in total. The lowest BCUT2D eigenvalue weighted by molar-refractivity contribution is 0.264. The van der Waals surface area contributed by atoms with Crippen LogP contribution in [0.1, 0.15) is 11.6 Å². The molecule has 1 saturated heterocycles. The van der Waals surface area contributed by atoms with Crippen LogP contribution in [0.5, 0.6) is 5.75 Å². The van der Waals surface area contributed by atoms with Crippen molar-refractivity contribution in [2.24, 2.45) is 0 Å². The van der Waals surface area contributed by atoms with Crippen molar-refractivity contribution in [2.75, 3.05) is 26.7 Å². The average Bonchev–Trinajstić information content (AvgIpc) is 2.63. The normalized spacial score (nSPS) is 18.2. The largest absolute Gasteiger partial charge is 0.496 e. The molecule has 0 bridgehead atoms. The number of methoxy groups -OCH3 is 1. The lowest BCUT2D eigenvalue weighted by Crippen LogP contribution is -2.48. The van der Waals surface area contributed by atoms with Crippen molar-refractivity contribution in [3.63, 3.8) is 0 Å². The van der Waals surface area contributed by atoms with Crippen LogP contribution in [0.25, 0.3) is 0 Å². The Morgan fingerprint density at radius 2 is 2.00 bits per heavy atom. The number of hydrogen-bond donors (Lipinski definition) is 1. The molecule has 1 unspecified atom stereocenters. The predicted molar refractivity (Wildman–Crippen MR) is 101 cm³/mol. The van der Waals surface area contributed by atoms with Crippen LogP contribution in [0.2, 0.25) is 5.02 Å². The predicted octanol–water partition coefficient (Wildman–Crippen LogP) is 3.24. The first-order valence-corrected chi connectivity index (χ1v) is 9.57. The third-order valence-corrected chi connectivity index (χ3v) is 6.56. The lowest BCUT2D eigenvalue weighted by atomic mass is 10.0. The number of nitrogens with one attached hydrogen (secondary N) is 1. The van der Waals surface area contributed by atoms with Crippen molar-refractivity contribution in [1.82, 2.24) is 9.62 Å². The van der Waals surface area contributed by atoms with Gasteiger partial charge in [0.2, 0.25) is 10.0 Å². The van der Waals surface area contributed by atoms with Crippen LogP contribution in [0.15, 0.2) is 47.4 Å². The molecule has 1 heterocycles. The number of piperazine rings is 1. The zero-order valence-corrected chi connectivity index (χ0v) is 16.4. The molecule has 26 heavy (non-hydrogen) atoms. The van der Waals surface area contributed by atoms with E-state index in [1.807, 2.05) is 18.2 Å². The highest BCUT2D eigenvalue weighted by atomic mass is 35.5. The van der Waals surface area contributed by atoms with Crippen LogP contribution in [0.4, 0.5) is 4.39 Å². The number of benzene rings is 2. The Morgan fingerprint density at radius 3 is 2.73 bits per heavy atom. The van der Waals surface area contributed by atoms with Crippen LogP contribution in [-0.2, 0) is 10.0 Å². The fourth-order valence-electron chi connectivity index (χ4n) is 2.98. The van der Waals surface area contributed by atoms with Crippen molar-refractivity contribution in [2.45, 2.75) is 10.9 Å². The third kappa shape index (κ3) is 3.97.